The van der Waals surface area contributed by atoms with Crippen molar-refractivity contribution in [2.75, 3.05) is 0 Å². The van der Waals surface area contributed by atoms with Crippen molar-refractivity contribution in [2.24, 2.45) is 0 Å². The fourth-order valence-corrected chi connectivity index (χ4v) is 3.06. The van der Waals surface area contributed by atoms with Crippen LogP contribution < -0.4 is 0 Å². The fraction of sp³-hybridized carbons (Fsp3) is 0.0625. The molecule has 0 saturated carbocycles. The minimum Gasteiger partial charge on any atom is -0.452 e. The van der Waals surface area contributed by atoms with Crippen molar-refractivity contribution < 1.29 is 9.21 Å². The molecule has 1 heterocycles. The molecule has 2 nitrogen and oxygen atoms in total. The number of aryl methyl sites for hydroxylation is 1. The second kappa shape index (κ2) is 5.48. The van der Waals surface area contributed by atoms with Gasteiger partial charge in [0.25, 0.3) is 0 Å². The Bertz CT molecular complexity index is 868. The standard InChI is InChI=1S/C16H9BrCl2O2/c1-8-4-11(17)5-10-7-14(21-16(8)10)15(20)9-2-3-12(18)13(19)6-9/h2-7H,1H3. The third-order valence-electron chi connectivity index (χ3n) is 3.17. The van der Waals surface area contributed by atoms with Crippen LogP contribution in [-0.4, -0.2) is 5.78 Å². The first-order valence-corrected chi connectivity index (χ1v) is 7.70. The van der Waals surface area contributed by atoms with Crippen LogP contribution in [0.2, 0.25) is 10.0 Å². The van der Waals surface area contributed by atoms with E-state index >= 15 is 0 Å². The highest BCUT2D eigenvalue weighted by Gasteiger charge is 2.17. The molecule has 0 aliphatic carbocycles. The number of ketones is 1. The number of hydrogen-bond donors (Lipinski definition) is 0. The minimum atomic E-state index is -0.222. The minimum absolute atomic E-state index is 0.222. The molecule has 21 heavy (non-hydrogen) atoms. The lowest BCUT2D eigenvalue weighted by molar-refractivity contribution is 0.101. The summed E-state index contributed by atoms with van der Waals surface area (Å²) in [6.45, 7) is 1.93. The molecule has 0 radical (unpaired) electrons. The Morgan fingerprint density at radius 3 is 2.57 bits per heavy atom. The lowest BCUT2D eigenvalue weighted by Gasteiger charge is -2.00. The van der Waals surface area contributed by atoms with Crippen molar-refractivity contribution in [3.05, 3.63) is 67.8 Å². The third kappa shape index (κ3) is 2.73. The molecule has 0 unspecified atom stereocenters. The van der Waals surface area contributed by atoms with Crippen molar-refractivity contribution in [2.45, 2.75) is 6.92 Å². The molecule has 0 atom stereocenters. The molecule has 0 aliphatic heterocycles. The van der Waals surface area contributed by atoms with Gasteiger partial charge in [-0.15, -0.1) is 0 Å². The first-order chi connectivity index (χ1) is 9.95. The van der Waals surface area contributed by atoms with E-state index in [2.05, 4.69) is 15.9 Å². The quantitative estimate of drug-likeness (QED) is 0.505. The van der Waals surface area contributed by atoms with E-state index in [-0.39, 0.29) is 11.5 Å². The number of benzene rings is 2. The zero-order chi connectivity index (χ0) is 15.1. The van der Waals surface area contributed by atoms with Crippen molar-refractivity contribution in [3.8, 4) is 0 Å². The normalized spacial score (nSPS) is 11.0. The maximum Gasteiger partial charge on any atom is 0.228 e. The predicted octanol–water partition coefficient (Wildman–Crippen LogP) is 6.04. The zero-order valence-electron chi connectivity index (χ0n) is 10.9. The van der Waals surface area contributed by atoms with Crippen LogP contribution in [0.15, 0.2) is 45.3 Å². The van der Waals surface area contributed by atoms with E-state index in [0.29, 0.717) is 21.2 Å². The molecule has 106 valence electrons. The number of carbonyl (C=O) groups is 1. The van der Waals surface area contributed by atoms with Gasteiger partial charge in [-0.3, -0.25) is 4.79 Å². The molecule has 0 N–H and O–H groups in total. The molecule has 3 aromatic rings. The zero-order valence-corrected chi connectivity index (χ0v) is 14.0. The van der Waals surface area contributed by atoms with Gasteiger partial charge in [0.2, 0.25) is 5.78 Å². The first-order valence-electron chi connectivity index (χ1n) is 6.15. The molecular formula is C16H9BrCl2O2. The second-order valence-corrected chi connectivity index (χ2v) is 6.44. The highest BCUT2D eigenvalue weighted by atomic mass is 79.9. The summed E-state index contributed by atoms with van der Waals surface area (Å²) in [5.41, 5.74) is 2.12. The summed E-state index contributed by atoms with van der Waals surface area (Å²) in [6.07, 6.45) is 0. The molecule has 5 heteroatoms. The Morgan fingerprint density at radius 2 is 1.86 bits per heavy atom. The number of fused-ring (bicyclic) bond motifs is 1. The third-order valence-corrected chi connectivity index (χ3v) is 4.37. The topological polar surface area (TPSA) is 30.2 Å². The molecule has 0 amide bonds. The van der Waals surface area contributed by atoms with Crippen LogP contribution in [0.3, 0.4) is 0 Å². The van der Waals surface area contributed by atoms with E-state index in [0.717, 1.165) is 15.4 Å². The van der Waals surface area contributed by atoms with E-state index in [9.17, 15) is 4.79 Å². The summed E-state index contributed by atoms with van der Waals surface area (Å²) >= 11 is 15.2. The monoisotopic (exact) mass is 382 g/mol. The van der Waals surface area contributed by atoms with Gasteiger partial charge >= 0.3 is 0 Å². The van der Waals surface area contributed by atoms with Crippen LogP contribution in [0.4, 0.5) is 0 Å². The Hall–Kier alpha value is -1.29. The number of halogens is 3. The van der Waals surface area contributed by atoms with E-state index < -0.39 is 0 Å². The summed E-state index contributed by atoms with van der Waals surface area (Å²) in [6, 6.07) is 10.4. The molecule has 0 saturated heterocycles. The number of hydrogen-bond acceptors (Lipinski definition) is 2. The van der Waals surface area contributed by atoms with Gasteiger partial charge in [0.05, 0.1) is 10.0 Å². The summed E-state index contributed by atoms with van der Waals surface area (Å²) in [4.78, 5) is 12.5. The first kappa shape index (κ1) is 14.6. The van der Waals surface area contributed by atoms with Gasteiger partial charge in [0, 0.05) is 15.4 Å². The van der Waals surface area contributed by atoms with Gasteiger partial charge in [-0.05, 0) is 48.9 Å². The Balaban J connectivity index is 2.09. The average Bonchev–Trinajstić information content (AvgIpc) is 2.85. The van der Waals surface area contributed by atoms with Gasteiger partial charge < -0.3 is 4.42 Å². The summed E-state index contributed by atoms with van der Waals surface area (Å²) in [7, 11) is 0. The molecule has 0 bridgehead atoms. The van der Waals surface area contributed by atoms with Crippen molar-refractivity contribution in [1.82, 2.24) is 0 Å². The maximum absolute atomic E-state index is 12.5. The van der Waals surface area contributed by atoms with Crippen molar-refractivity contribution in [3.63, 3.8) is 0 Å². The molecule has 0 spiro atoms. The van der Waals surface area contributed by atoms with Gasteiger partial charge in [0.1, 0.15) is 5.58 Å². The van der Waals surface area contributed by atoms with Crippen LogP contribution >= 0.6 is 39.1 Å². The number of carbonyl (C=O) groups excluding carboxylic acids is 1. The molecule has 3 rings (SSSR count). The number of furan rings is 1. The van der Waals surface area contributed by atoms with Gasteiger partial charge in [-0.2, -0.15) is 0 Å². The smallest absolute Gasteiger partial charge is 0.228 e. The largest absolute Gasteiger partial charge is 0.452 e. The summed E-state index contributed by atoms with van der Waals surface area (Å²) in [5, 5.41) is 1.64. The Kier molecular flexibility index (Phi) is 3.82. The van der Waals surface area contributed by atoms with E-state index in [1.165, 1.54) is 0 Å². The fourth-order valence-electron chi connectivity index (χ4n) is 2.17. The van der Waals surface area contributed by atoms with Crippen LogP contribution in [0.1, 0.15) is 21.7 Å². The SMILES string of the molecule is Cc1cc(Br)cc2cc(C(=O)c3ccc(Cl)c(Cl)c3)oc12. The lowest BCUT2D eigenvalue weighted by Crippen LogP contribution is -1.99. The van der Waals surface area contributed by atoms with Gasteiger partial charge in [-0.25, -0.2) is 0 Å². The number of rotatable bonds is 2. The highest BCUT2D eigenvalue weighted by Crippen LogP contribution is 2.29. The predicted molar refractivity (Wildman–Crippen MR) is 88.5 cm³/mol. The van der Waals surface area contributed by atoms with E-state index in [1.54, 1.807) is 24.3 Å². The molecule has 2 aromatic carbocycles. The summed E-state index contributed by atoms with van der Waals surface area (Å²) < 4.78 is 6.64. The van der Waals surface area contributed by atoms with E-state index in [4.69, 9.17) is 27.6 Å². The van der Waals surface area contributed by atoms with Gasteiger partial charge in [0.15, 0.2) is 5.76 Å². The van der Waals surface area contributed by atoms with Crippen LogP contribution in [0.25, 0.3) is 11.0 Å². The van der Waals surface area contributed by atoms with Crippen LogP contribution in [0.5, 0.6) is 0 Å². The van der Waals surface area contributed by atoms with Crippen LogP contribution in [0, 0.1) is 6.92 Å². The maximum atomic E-state index is 12.5. The van der Waals surface area contributed by atoms with Crippen LogP contribution in [-0.2, 0) is 0 Å². The summed E-state index contributed by atoms with van der Waals surface area (Å²) in [5.74, 6) is 0.0601. The molecule has 1 aromatic heterocycles. The highest BCUT2D eigenvalue weighted by molar-refractivity contribution is 9.10. The van der Waals surface area contributed by atoms with E-state index in [1.807, 2.05) is 19.1 Å². The average molecular weight is 384 g/mol. The molecule has 0 aliphatic rings. The second-order valence-electron chi connectivity index (χ2n) is 4.71. The van der Waals surface area contributed by atoms with Crippen molar-refractivity contribution >= 4 is 55.9 Å². The van der Waals surface area contributed by atoms with Gasteiger partial charge in [-0.1, -0.05) is 39.1 Å². The van der Waals surface area contributed by atoms with Crippen molar-refractivity contribution in [1.29, 1.82) is 0 Å². The Morgan fingerprint density at radius 1 is 1.10 bits per heavy atom. The molecular weight excluding hydrogens is 375 g/mol. The lowest BCUT2D eigenvalue weighted by atomic mass is 10.1. The Labute approximate surface area is 139 Å². The molecule has 0 fully saturated rings.